The van der Waals surface area contributed by atoms with Crippen molar-refractivity contribution < 1.29 is 10.2 Å². The van der Waals surface area contributed by atoms with Gasteiger partial charge in [-0.1, -0.05) is 77.6 Å². The summed E-state index contributed by atoms with van der Waals surface area (Å²) in [5, 5.41) is 18.4. The van der Waals surface area contributed by atoms with Gasteiger partial charge in [-0.25, -0.2) is 0 Å². The maximum absolute atomic E-state index is 9.42. The quantitative estimate of drug-likeness (QED) is 0.392. The molecule has 0 bridgehead atoms. The summed E-state index contributed by atoms with van der Waals surface area (Å²) in [6.07, 6.45) is 16.1. The van der Waals surface area contributed by atoms with Gasteiger partial charge in [0.15, 0.2) is 0 Å². The highest BCUT2D eigenvalue weighted by Gasteiger charge is 2.06. The summed E-state index contributed by atoms with van der Waals surface area (Å²) < 4.78 is 0. The van der Waals surface area contributed by atoms with E-state index in [4.69, 9.17) is 5.11 Å². The molecule has 0 aliphatic carbocycles. The van der Waals surface area contributed by atoms with Crippen LogP contribution in [0, 0.1) is 0 Å². The van der Waals surface area contributed by atoms with Gasteiger partial charge in [-0.2, -0.15) is 0 Å². The number of unbranched alkanes of at least 4 members (excludes halogenated alkanes) is 11. The Kier molecular flexibility index (Phi) is 17.1. The van der Waals surface area contributed by atoms with Crippen molar-refractivity contribution in [2.24, 2.45) is 0 Å². The average molecular weight is 316 g/mol. The Hall–Kier alpha value is -0.120. The number of nitrogens with zero attached hydrogens (tertiary/aromatic N) is 1. The molecule has 0 rings (SSSR count). The largest absolute Gasteiger partial charge is 0.395 e. The van der Waals surface area contributed by atoms with Crippen LogP contribution in [-0.2, 0) is 0 Å². The molecular formula is C19H41NO2. The minimum Gasteiger partial charge on any atom is -0.395 e. The van der Waals surface area contributed by atoms with Crippen molar-refractivity contribution in [2.75, 3.05) is 26.2 Å². The first kappa shape index (κ1) is 21.9. The van der Waals surface area contributed by atoms with Gasteiger partial charge in [0.05, 0.1) is 12.7 Å². The summed E-state index contributed by atoms with van der Waals surface area (Å²) in [5.74, 6) is 0. The molecule has 0 saturated carbocycles. The monoisotopic (exact) mass is 315 g/mol. The second kappa shape index (κ2) is 17.2. The van der Waals surface area contributed by atoms with Gasteiger partial charge in [-0.05, 0) is 19.9 Å². The molecule has 0 aliphatic heterocycles. The van der Waals surface area contributed by atoms with Gasteiger partial charge < -0.3 is 10.2 Å². The Bertz CT molecular complexity index is 210. The molecule has 3 nitrogen and oxygen atoms in total. The lowest BCUT2D eigenvalue weighted by Gasteiger charge is -2.22. The Labute approximate surface area is 139 Å². The molecule has 0 aromatic carbocycles. The van der Waals surface area contributed by atoms with Crippen LogP contribution in [0.5, 0.6) is 0 Å². The molecule has 0 amide bonds. The number of aliphatic hydroxyl groups excluding tert-OH is 2. The fourth-order valence-electron chi connectivity index (χ4n) is 2.99. The maximum Gasteiger partial charge on any atom is 0.0639 e. The van der Waals surface area contributed by atoms with Crippen LogP contribution >= 0.6 is 0 Å². The smallest absolute Gasteiger partial charge is 0.0639 e. The van der Waals surface area contributed by atoms with E-state index in [0.29, 0.717) is 13.1 Å². The summed E-state index contributed by atoms with van der Waals surface area (Å²) in [6.45, 7) is 6.63. The molecule has 0 radical (unpaired) electrons. The van der Waals surface area contributed by atoms with Gasteiger partial charge in [0.25, 0.3) is 0 Å². The summed E-state index contributed by atoms with van der Waals surface area (Å²) in [6, 6.07) is 0. The molecule has 0 heterocycles. The van der Waals surface area contributed by atoms with Crippen LogP contribution in [0.25, 0.3) is 0 Å². The third kappa shape index (κ3) is 16.3. The first-order valence-corrected chi connectivity index (χ1v) is 9.72. The molecule has 0 aliphatic rings. The molecule has 3 heteroatoms. The van der Waals surface area contributed by atoms with Gasteiger partial charge >= 0.3 is 0 Å². The number of hydrogen-bond donors (Lipinski definition) is 2. The highest BCUT2D eigenvalue weighted by Crippen LogP contribution is 2.12. The standard InChI is InChI=1S/C19H41NO2/c1-3-4-5-6-7-8-9-10-11-12-13-14-15-20(16-17-21)18-19(2)22/h19,21-22H,3-18H2,1-2H3. The molecule has 0 fully saturated rings. The highest BCUT2D eigenvalue weighted by atomic mass is 16.3. The van der Waals surface area contributed by atoms with E-state index < -0.39 is 0 Å². The SMILES string of the molecule is CCCCCCCCCCCCCCN(CCO)CC(C)O. The van der Waals surface area contributed by atoms with E-state index in [2.05, 4.69) is 11.8 Å². The molecule has 22 heavy (non-hydrogen) atoms. The summed E-state index contributed by atoms with van der Waals surface area (Å²) in [7, 11) is 0. The van der Waals surface area contributed by atoms with Crippen molar-refractivity contribution in [2.45, 2.75) is 97.0 Å². The van der Waals surface area contributed by atoms with Crippen LogP contribution in [0.2, 0.25) is 0 Å². The van der Waals surface area contributed by atoms with Crippen LogP contribution in [0.1, 0.15) is 90.9 Å². The molecular weight excluding hydrogens is 274 g/mol. The highest BCUT2D eigenvalue weighted by molar-refractivity contribution is 4.61. The van der Waals surface area contributed by atoms with Crippen molar-refractivity contribution in [3.63, 3.8) is 0 Å². The van der Waals surface area contributed by atoms with Crippen LogP contribution in [0.3, 0.4) is 0 Å². The molecule has 0 saturated heterocycles. The summed E-state index contributed by atoms with van der Waals surface area (Å²) >= 11 is 0. The molecule has 1 atom stereocenters. The van der Waals surface area contributed by atoms with E-state index in [0.717, 1.165) is 6.54 Å². The van der Waals surface area contributed by atoms with E-state index in [1.54, 1.807) is 0 Å². The molecule has 134 valence electrons. The van der Waals surface area contributed by atoms with Crippen molar-refractivity contribution in [3.05, 3.63) is 0 Å². The van der Waals surface area contributed by atoms with Crippen LogP contribution in [0.15, 0.2) is 0 Å². The van der Waals surface area contributed by atoms with Gasteiger partial charge in [0.1, 0.15) is 0 Å². The molecule has 0 aromatic rings. The van der Waals surface area contributed by atoms with Crippen molar-refractivity contribution in [1.82, 2.24) is 4.90 Å². The topological polar surface area (TPSA) is 43.7 Å². The first-order chi connectivity index (χ1) is 10.7. The van der Waals surface area contributed by atoms with E-state index >= 15 is 0 Å². The van der Waals surface area contributed by atoms with E-state index in [1.165, 1.54) is 77.0 Å². The van der Waals surface area contributed by atoms with E-state index in [1.807, 2.05) is 6.92 Å². The predicted octanol–water partition coefficient (Wildman–Crippen LogP) is 4.36. The predicted molar refractivity (Wildman–Crippen MR) is 96.3 cm³/mol. The van der Waals surface area contributed by atoms with Crippen molar-refractivity contribution in [3.8, 4) is 0 Å². The minimum atomic E-state index is -0.302. The maximum atomic E-state index is 9.42. The first-order valence-electron chi connectivity index (χ1n) is 9.72. The second-order valence-electron chi connectivity index (χ2n) is 6.76. The number of rotatable bonds is 17. The Morgan fingerprint density at radius 3 is 1.59 bits per heavy atom. The molecule has 0 spiro atoms. The van der Waals surface area contributed by atoms with E-state index in [9.17, 15) is 5.11 Å². The van der Waals surface area contributed by atoms with E-state index in [-0.39, 0.29) is 12.7 Å². The van der Waals surface area contributed by atoms with Gasteiger partial charge in [-0.15, -0.1) is 0 Å². The Morgan fingerprint density at radius 1 is 0.727 bits per heavy atom. The third-order valence-electron chi connectivity index (χ3n) is 4.27. The van der Waals surface area contributed by atoms with Crippen molar-refractivity contribution in [1.29, 1.82) is 0 Å². The Morgan fingerprint density at radius 2 is 1.18 bits per heavy atom. The van der Waals surface area contributed by atoms with Crippen LogP contribution in [0.4, 0.5) is 0 Å². The molecule has 0 aromatic heterocycles. The minimum absolute atomic E-state index is 0.185. The zero-order chi connectivity index (χ0) is 16.5. The number of aliphatic hydroxyl groups is 2. The fourth-order valence-corrected chi connectivity index (χ4v) is 2.99. The normalized spacial score (nSPS) is 13.0. The fraction of sp³-hybridized carbons (Fsp3) is 1.00. The zero-order valence-corrected chi connectivity index (χ0v) is 15.2. The second-order valence-corrected chi connectivity index (χ2v) is 6.76. The third-order valence-corrected chi connectivity index (χ3v) is 4.27. The summed E-state index contributed by atoms with van der Waals surface area (Å²) in [4.78, 5) is 2.17. The number of hydrogen-bond acceptors (Lipinski definition) is 3. The average Bonchev–Trinajstić information content (AvgIpc) is 2.48. The zero-order valence-electron chi connectivity index (χ0n) is 15.2. The van der Waals surface area contributed by atoms with Gasteiger partial charge in [0, 0.05) is 13.1 Å². The van der Waals surface area contributed by atoms with Crippen LogP contribution in [-0.4, -0.2) is 47.5 Å². The summed E-state index contributed by atoms with van der Waals surface area (Å²) in [5.41, 5.74) is 0. The lowest BCUT2D eigenvalue weighted by Crippen LogP contribution is -2.34. The lowest BCUT2D eigenvalue weighted by atomic mass is 10.1. The van der Waals surface area contributed by atoms with Crippen molar-refractivity contribution >= 4 is 0 Å². The van der Waals surface area contributed by atoms with Gasteiger partial charge in [0.2, 0.25) is 0 Å². The molecule has 1 unspecified atom stereocenters. The van der Waals surface area contributed by atoms with Crippen LogP contribution < -0.4 is 0 Å². The molecule has 2 N–H and O–H groups in total. The van der Waals surface area contributed by atoms with Gasteiger partial charge in [-0.3, -0.25) is 4.90 Å². The Balaban J connectivity index is 3.27. The lowest BCUT2D eigenvalue weighted by molar-refractivity contribution is 0.110.